The van der Waals surface area contributed by atoms with Crippen molar-refractivity contribution in [3.05, 3.63) is 70.7 Å². The van der Waals surface area contributed by atoms with Crippen LogP contribution in [0.3, 0.4) is 0 Å². The summed E-state index contributed by atoms with van der Waals surface area (Å²) in [7, 11) is 0. The van der Waals surface area contributed by atoms with E-state index in [9.17, 15) is 0 Å². The van der Waals surface area contributed by atoms with Crippen molar-refractivity contribution in [2.24, 2.45) is 5.73 Å². The van der Waals surface area contributed by atoms with Crippen LogP contribution in [-0.4, -0.2) is 0 Å². The van der Waals surface area contributed by atoms with Crippen molar-refractivity contribution in [1.82, 2.24) is 0 Å². The van der Waals surface area contributed by atoms with E-state index in [0.29, 0.717) is 0 Å². The summed E-state index contributed by atoms with van der Waals surface area (Å²) in [6.07, 6.45) is 0. The zero-order chi connectivity index (χ0) is 14.8. The number of halogens is 1. The van der Waals surface area contributed by atoms with Crippen molar-refractivity contribution in [3.8, 4) is 0 Å². The molecule has 106 valence electrons. The number of hydrogen-bond donors (Lipinski definition) is 1. The summed E-state index contributed by atoms with van der Waals surface area (Å²) in [5.74, 6) is 0. The van der Waals surface area contributed by atoms with Crippen LogP contribution in [0.25, 0.3) is 10.8 Å². The molecule has 0 unspecified atom stereocenters. The van der Waals surface area contributed by atoms with Crippen molar-refractivity contribution >= 4 is 38.5 Å². The smallest absolute Gasteiger partial charge is 0.0277 e. The van der Waals surface area contributed by atoms with Crippen LogP contribution in [0.15, 0.2) is 74.9 Å². The maximum absolute atomic E-state index is 5.94. The molecule has 3 aromatic rings. The lowest BCUT2D eigenvalue weighted by atomic mass is 10.1. The van der Waals surface area contributed by atoms with E-state index < -0.39 is 0 Å². The van der Waals surface area contributed by atoms with Crippen LogP contribution >= 0.6 is 27.7 Å². The molecule has 0 saturated heterocycles. The normalized spacial score (nSPS) is 12.5. The summed E-state index contributed by atoms with van der Waals surface area (Å²) in [5, 5.41) is 2.55. The summed E-state index contributed by atoms with van der Waals surface area (Å²) < 4.78 is 1.07. The molecule has 0 aromatic heterocycles. The third-order valence-corrected chi connectivity index (χ3v) is 5.09. The average molecular weight is 358 g/mol. The monoisotopic (exact) mass is 357 g/mol. The Balaban J connectivity index is 1.89. The number of benzene rings is 3. The Morgan fingerprint density at radius 3 is 2.29 bits per heavy atom. The molecule has 2 N–H and O–H groups in total. The van der Waals surface area contributed by atoms with Gasteiger partial charge in [0.2, 0.25) is 0 Å². The fourth-order valence-corrected chi connectivity index (χ4v) is 4.11. The molecule has 3 aromatic carbocycles. The molecular weight excluding hydrogens is 342 g/mol. The number of rotatable bonds is 3. The zero-order valence-electron chi connectivity index (χ0n) is 11.7. The van der Waals surface area contributed by atoms with Crippen LogP contribution in [0, 0.1) is 0 Å². The molecule has 3 heteroatoms. The van der Waals surface area contributed by atoms with Crippen LogP contribution in [0.5, 0.6) is 0 Å². The van der Waals surface area contributed by atoms with E-state index >= 15 is 0 Å². The van der Waals surface area contributed by atoms with Gasteiger partial charge in [0.25, 0.3) is 0 Å². The highest BCUT2D eigenvalue weighted by Gasteiger charge is 2.07. The number of hydrogen-bond acceptors (Lipinski definition) is 2. The molecule has 21 heavy (non-hydrogen) atoms. The zero-order valence-corrected chi connectivity index (χ0v) is 14.1. The van der Waals surface area contributed by atoms with Gasteiger partial charge in [-0.05, 0) is 47.5 Å². The Hall–Kier alpha value is -1.29. The van der Waals surface area contributed by atoms with E-state index in [1.807, 2.05) is 6.92 Å². The van der Waals surface area contributed by atoms with E-state index in [4.69, 9.17) is 5.73 Å². The van der Waals surface area contributed by atoms with E-state index in [1.165, 1.54) is 20.6 Å². The molecule has 0 fully saturated rings. The van der Waals surface area contributed by atoms with Crippen LogP contribution in [-0.2, 0) is 0 Å². The van der Waals surface area contributed by atoms with Gasteiger partial charge in [0.1, 0.15) is 0 Å². The van der Waals surface area contributed by atoms with Crippen molar-refractivity contribution < 1.29 is 0 Å². The van der Waals surface area contributed by atoms with Gasteiger partial charge >= 0.3 is 0 Å². The van der Waals surface area contributed by atoms with Gasteiger partial charge in [0.15, 0.2) is 0 Å². The Morgan fingerprint density at radius 1 is 0.905 bits per heavy atom. The first-order valence-corrected chi connectivity index (χ1v) is 8.46. The first kappa shape index (κ1) is 14.6. The van der Waals surface area contributed by atoms with Crippen LogP contribution in [0.2, 0.25) is 0 Å². The van der Waals surface area contributed by atoms with E-state index in [-0.39, 0.29) is 6.04 Å². The second-order valence-corrected chi connectivity index (χ2v) is 7.08. The maximum atomic E-state index is 5.94. The first-order valence-electron chi connectivity index (χ1n) is 6.85. The number of nitrogens with two attached hydrogens (primary N) is 1. The fraction of sp³-hybridized carbons (Fsp3) is 0.111. The van der Waals surface area contributed by atoms with E-state index in [1.54, 1.807) is 11.8 Å². The summed E-state index contributed by atoms with van der Waals surface area (Å²) >= 11 is 5.37. The van der Waals surface area contributed by atoms with Gasteiger partial charge in [-0.3, -0.25) is 0 Å². The minimum Gasteiger partial charge on any atom is -0.324 e. The van der Waals surface area contributed by atoms with Crippen LogP contribution in [0.4, 0.5) is 0 Å². The predicted octanol–water partition coefficient (Wildman–Crippen LogP) is 5.77. The Bertz CT molecular complexity index is 783. The topological polar surface area (TPSA) is 26.0 Å². The molecule has 0 saturated carbocycles. The first-order chi connectivity index (χ1) is 10.1. The third kappa shape index (κ3) is 3.31. The fourth-order valence-electron chi connectivity index (χ4n) is 2.31. The lowest BCUT2D eigenvalue weighted by molar-refractivity contribution is 0.811. The maximum Gasteiger partial charge on any atom is 0.0277 e. The molecule has 0 aliphatic heterocycles. The Morgan fingerprint density at radius 2 is 1.57 bits per heavy atom. The van der Waals surface area contributed by atoms with Gasteiger partial charge in [0.05, 0.1) is 0 Å². The summed E-state index contributed by atoms with van der Waals surface area (Å²) in [6.45, 7) is 2.00. The lowest BCUT2D eigenvalue weighted by Crippen LogP contribution is -2.05. The van der Waals surface area contributed by atoms with Gasteiger partial charge in [-0.25, -0.2) is 0 Å². The quantitative estimate of drug-likeness (QED) is 0.643. The van der Waals surface area contributed by atoms with Gasteiger partial charge in [-0.2, -0.15) is 0 Å². The highest BCUT2D eigenvalue weighted by atomic mass is 79.9. The van der Waals surface area contributed by atoms with Gasteiger partial charge < -0.3 is 5.73 Å². The Labute approximate surface area is 137 Å². The molecule has 0 aliphatic rings. The van der Waals surface area contributed by atoms with Gasteiger partial charge in [0, 0.05) is 20.3 Å². The molecule has 0 amide bonds. The second-order valence-electron chi connectivity index (χ2n) is 5.08. The minimum absolute atomic E-state index is 0.0408. The van der Waals surface area contributed by atoms with Gasteiger partial charge in [-0.15, -0.1) is 0 Å². The van der Waals surface area contributed by atoms with Crippen molar-refractivity contribution in [3.63, 3.8) is 0 Å². The molecule has 1 nitrogen and oxygen atoms in total. The largest absolute Gasteiger partial charge is 0.324 e. The van der Waals surface area contributed by atoms with E-state index in [0.717, 1.165) is 10.0 Å². The lowest BCUT2D eigenvalue weighted by Gasteiger charge is -2.10. The number of fused-ring (bicyclic) bond motifs is 1. The van der Waals surface area contributed by atoms with Crippen molar-refractivity contribution in [2.45, 2.75) is 22.8 Å². The average Bonchev–Trinajstić information content (AvgIpc) is 2.47. The SMILES string of the molecule is C[C@@H](N)c1ccc(Sc2ccc3ccccc3c2)cc1Br. The summed E-state index contributed by atoms with van der Waals surface area (Å²) in [4.78, 5) is 2.45. The molecule has 0 aliphatic carbocycles. The van der Waals surface area contributed by atoms with Crippen molar-refractivity contribution in [2.75, 3.05) is 0 Å². The van der Waals surface area contributed by atoms with Crippen LogP contribution in [0.1, 0.15) is 18.5 Å². The second kappa shape index (κ2) is 6.22. The highest BCUT2D eigenvalue weighted by molar-refractivity contribution is 9.10. The molecule has 0 spiro atoms. The van der Waals surface area contributed by atoms with E-state index in [2.05, 4.69) is 76.6 Å². The third-order valence-electron chi connectivity index (χ3n) is 3.42. The molecule has 1 atom stereocenters. The van der Waals surface area contributed by atoms with Crippen LogP contribution < -0.4 is 5.73 Å². The highest BCUT2D eigenvalue weighted by Crippen LogP contribution is 2.33. The molecule has 0 heterocycles. The molecule has 3 rings (SSSR count). The molecule has 0 radical (unpaired) electrons. The molecular formula is C18H16BrNS. The summed E-state index contributed by atoms with van der Waals surface area (Å²) in [6, 6.07) is 21.4. The van der Waals surface area contributed by atoms with Gasteiger partial charge in [-0.1, -0.05) is 64.1 Å². The minimum atomic E-state index is 0.0408. The van der Waals surface area contributed by atoms with Crippen molar-refractivity contribution in [1.29, 1.82) is 0 Å². The molecule has 0 bridgehead atoms. The predicted molar refractivity (Wildman–Crippen MR) is 94.8 cm³/mol. The standard InChI is InChI=1S/C18H16BrNS/c1-12(20)17-9-8-16(11-18(17)19)21-15-7-6-13-4-2-3-5-14(13)10-15/h2-12H,20H2,1H3/t12-/m1/s1. The summed E-state index contributed by atoms with van der Waals surface area (Å²) in [5.41, 5.74) is 7.08. The Kier molecular flexibility index (Phi) is 4.34.